The average Bonchev–Trinajstić information content (AvgIpc) is 2.31. The smallest absolute Gasteiger partial charge is 0.0948 e. The minimum Gasteiger partial charge on any atom is -0.334 e. The Morgan fingerprint density at radius 2 is 2.45 bits per heavy atom. The molecule has 0 aliphatic carbocycles. The fourth-order valence-electron chi connectivity index (χ4n) is 0.759. The first-order valence-electron chi connectivity index (χ1n) is 3.49. The third-order valence-corrected chi connectivity index (χ3v) is 1.53. The molecule has 0 aliphatic heterocycles. The Labute approximate surface area is 71.5 Å². The summed E-state index contributed by atoms with van der Waals surface area (Å²) in [6, 6.07) is 0. The van der Waals surface area contributed by atoms with E-state index in [0.29, 0.717) is 0 Å². The summed E-state index contributed by atoms with van der Waals surface area (Å²) >= 11 is 5.73. The topological polar surface area (TPSA) is 17.8 Å². The molecule has 1 unspecified atom stereocenters. The van der Waals surface area contributed by atoms with Crippen molar-refractivity contribution >= 4 is 17.7 Å². The van der Waals surface area contributed by atoms with Gasteiger partial charge in [-0.15, -0.1) is 11.6 Å². The Kier molecular flexibility index (Phi) is 2.71. The van der Waals surface area contributed by atoms with Crippen LogP contribution in [0.25, 0.3) is 6.08 Å². The summed E-state index contributed by atoms with van der Waals surface area (Å²) in [5.41, 5.74) is 1.07. The molecule has 0 saturated carbocycles. The van der Waals surface area contributed by atoms with Crippen molar-refractivity contribution in [2.45, 2.75) is 12.3 Å². The van der Waals surface area contributed by atoms with Gasteiger partial charge in [0.15, 0.2) is 0 Å². The van der Waals surface area contributed by atoms with Crippen LogP contribution in [0.15, 0.2) is 18.6 Å². The number of halogens is 1. The van der Waals surface area contributed by atoms with E-state index in [9.17, 15) is 0 Å². The molecule has 1 heterocycles. The van der Waals surface area contributed by atoms with Crippen molar-refractivity contribution in [3.05, 3.63) is 24.3 Å². The summed E-state index contributed by atoms with van der Waals surface area (Å²) < 4.78 is 1.94. The van der Waals surface area contributed by atoms with E-state index >= 15 is 0 Å². The highest BCUT2D eigenvalue weighted by atomic mass is 35.5. The first-order chi connectivity index (χ1) is 5.20. The highest BCUT2D eigenvalue weighted by Gasteiger charge is 1.92. The molecule has 60 valence electrons. The van der Waals surface area contributed by atoms with Crippen LogP contribution in [0.4, 0.5) is 0 Å². The van der Waals surface area contributed by atoms with Gasteiger partial charge in [0.2, 0.25) is 0 Å². The van der Waals surface area contributed by atoms with Gasteiger partial charge in [-0.2, -0.15) is 0 Å². The van der Waals surface area contributed by atoms with Gasteiger partial charge in [0.05, 0.1) is 18.2 Å². The number of aromatic nitrogens is 2. The quantitative estimate of drug-likeness (QED) is 0.622. The number of hydrogen-bond acceptors (Lipinski definition) is 1. The summed E-state index contributed by atoms with van der Waals surface area (Å²) in [5.74, 6) is 0. The van der Waals surface area contributed by atoms with Gasteiger partial charge in [0.1, 0.15) is 0 Å². The van der Waals surface area contributed by atoms with Crippen LogP contribution >= 0.6 is 11.6 Å². The Morgan fingerprint density at radius 1 is 1.73 bits per heavy atom. The van der Waals surface area contributed by atoms with Gasteiger partial charge in [-0.3, -0.25) is 0 Å². The number of rotatable bonds is 2. The maximum Gasteiger partial charge on any atom is 0.0948 e. The summed E-state index contributed by atoms with van der Waals surface area (Å²) in [5, 5.41) is 0.0740. The van der Waals surface area contributed by atoms with Crippen molar-refractivity contribution in [2.75, 3.05) is 0 Å². The Balaban J connectivity index is 2.71. The van der Waals surface area contributed by atoms with Crippen LogP contribution < -0.4 is 0 Å². The first kappa shape index (κ1) is 8.34. The normalized spacial score (nSPS) is 14.1. The molecule has 0 spiro atoms. The van der Waals surface area contributed by atoms with Gasteiger partial charge in [-0.05, 0) is 13.0 Å². The minimum absolute atomic E-state index is 0.0740. The average molecular weight is 171 g/mol. The van der Waals surface area contributed by atoms with E-state index in [1.807, 2.05) is 30.7 Å². The van der Waals surface area contributed by atoms with Crippen LogP contribution in [0.2, 0.25) is 0 Å². The lowest BCUT2D eigenvalue weighted by atomic mass is 10.3. The molecule has 2 nitrogen and oxygen atoms in total. The van der Waals surface area contributed by atoms with E-state index in [0.717, 1.165) is 5.69 Å². The molecule has 3 heteroatoms. The number of alkyl halides is 1. The first-order valence-corrected chi connectivity index (χ1v) is 3.92. The Hall–Kier alpha value is -0.760. The molecule has 1 atom stereocenters. The molecular weight excluding hydrogens is 160 g/mol. The van der Waals surface area contributed by atoms with Crippen molar-refractivity contribution < 1.29 is 0 Å². The zero-order valence-corrected chi connectivity index (χ0v) is 7.42. The maximum atomic E-state index is 5.73. The van der Waals surface area contributed by atoms with E-state index in [1.54, 1.807) is 12.5 Å². The van der Waals surface area contributed by atoms with Gasteiger partial charge < -0.3 is 4.57 Å². The molecule has 1 rings (SSSR count). The lowest BCUT2D eigenvalue weighted by molar-refractivity contribution is 0.901. The van der Waals surface area contributed by atoms with Crippen molar-refractivity contribution in [1.29, 1.82) is 0 Å². The summed E-state index contributed by atoms with van der Waals surface area (Å²) in [7, 11) is 1.95. The number of hydrogen-bond donors (Lipinski definition) is 0. The van der Waals surface area contributed by atoms with Crippen LogP contribution in [-0.2, 0) is 7.05 Å². The Bertz CT molecular complexity index is 250. The lowest BCUT2D eigenvalue weighted by Gasteiger charge is -1.94. The summed E-state index contributed by atoms with van der Waals surface area (Å²) in [4.78, 5) is 3.97. The van der Waals surface area contributed by atoms with Crippen molar-refractivity contribution in [2.24, 2.45) is 7.05 Å². The molecule has 0 fully saturated rings. The van der Waals surface area contributed by atoms with Gasteiger partial charge >= 0.3 is 0 Å². The molecule has 1 aromatic heterocycles. The third-order valence-electron chi connectivity index (χ3n) is 1.39. The molecular formula is C8H11ClN2. The van der Waals surface area contributed by atoms with E-state index in [2.05, 4.69) is 4.98 Å². The molecule has 0 bridgehead atoms. The molecule has 11 heavy (non-hydrogen) atoms. The number of nitrogens with zero attached hydrogens (tertiary/aromatic N) is 2. The lowest BCUT2D eigenvalue weighted by Crippen LogP contribution is -1.88. The fraction of sp³-hybridized carbons (Fsp3) is 0.375. The zero-order valence-electron chi connectivity index (χ0n) is 6.66. The van der Waals surface area contributed by atoms with E-state index < -0.39 is 0 Å². The predicted octanol–water partition coefficient (Wildman–Crippen LogP) is 2.06. The summed E-state index contributed by atoms with van der Waals surface area (Å²) in [6.45, 7) is 1.93. The van der Waals surface area contributed by atoms with Crippen LogP contribution in [-0.4, -0.2) is 14.9 Å². The van der Waals surface area contributed by atoms with Crippen molar-refractivity contribution in [1.82, 2.24) is 9.55 Å². The molecule has 0 aliphatic rings. The fourth-order valence-corrected chi connectivity index (χ4v) is 0.832. The van der Waals surface area contributed by atoms with Crippen LogP contribution in [0.1, 0.15) is 12.6 Å². The number of imidazole rings is 1. The zero-order chi connectivity index (χ0) is 8.27. The van der Waals surface area contributed by atoms with Gasteiger partial charge in [0.25, 0.3) is 0 Å². The second-order valence-electron chi connectivity index (χ2n) is 2.47. The van der Waals surface area contributed by atoms with Crippen molar-refractivity contribution in [3.8, 4) is 0 Å². The van der Waals surface area contributed by atoms with Crippen LogP contribution in [0.5, 0.6) is 0 Å². The molecule has 0 aromatic carbocycles. The highest BCUT2D eigenvalue weighted by molar-refractivity contribution is 6.21. The number of aryl methyl sites for hydroxylation is 1. The molecule has 1 aromatic rings. The third kappa shape index (κ3) is 2.39. The Morgan fingerprint density at radius 3 is 2.91 bits per heavy atom. The SMILES string of the molecule is CC(Cl)/C=C/c1cncn1C. The molecule has 0 radical (unpaired) electrons. The molecule has 0 saturated heterocycles. The molecule has 0 N–H and O–H groups in total. The maximum absolute atomic E-state index is 5.73. The second-order valence-corrected chi connectivity index (χ2v) is 3.15. The van der Waals surface area contributed by atoms with E-state index in [-0.39, 0.29) is 5.38 Å². The second kappa shape index (κ2) is 3.58. The van der Waals surface area contributed by atoms with E-state index in [1.165, 1.54) is 0 Å². The highest BCUT2D eigenvalue weighted by Crippen LogP contribution is 2.02. The van der Waals surface area contributed by atoms with Crippen LogP contribution in [0, 0.1) is 0 Å². The predicted molar refractivity (Wildman–Crippen MR) is 47.6 cm³/mol. The largest absolute Gasteiger partial charge is 0.334 e. The van der Waals surface area contributed by atoms with Gasteiger partial charge in [-0.1, -0.05) is 6.08 Å². The minimum atomic E-state index is 0.0740. The molecule has 0 amide bonds. The monoisotopic (exact) mass is 170 g/mol. The number of allylic oxidation sites excluding steroid dienone is 1. The van der Waals surface area contributed by atoms with E-state index in [4.69, 9.17) is 11.6 Å². The van der Waals surface area contributed by atoms with Crippen molar-refractivity contribution in [3.63, 3.8) is 0 Å². The standard InChI is InChI=1S/C8H11ClN2/c1-7(9)3-4-8-5-10-6-11(8)2/h3-7H,1-2H3/b4-3+. The van der Waals surface area contributed by atoms with Crippen LogP contribution in [0.3, 0.4) is 0 Å². The van der Waals surface area contributed by atoms with Gasteiger partial charge in [-0.25, -0.2) is 4.98 Å². The summed E-state index contributed by atoms with van der Waals surface area (Å²) in [6.07, 6.45) is 7.46. The van der Waals surface area contributed by atoms with Gasteiger partial charge in [0, 0.05) is 12.4 Å².